The molecule has 1 aromatic carbocycles. The van der Waals surface area contributed by atoms with Crippen molar-refractivity contribution in [1.82, 2.24) is 0 Å². The summed E-state index contributed by atoms with van der Waals surface area (Å²) in [5, 5.41) is 0. The zero-order valence-electron chi connectivity index (χ0n) is 9.52. The second-order valence-electron chi connectivity index (χ2n) is 4.17. The lowest BCUT2D eigenvalue weighted by atomic mass is 10.1. The van der Waals surface area contributed by atoms with E-state index in [9.17, 15) is 0 Å². The largest absolute Gasteiger partial charge is 0.376 e. The summed E-state index contributed by atoms with van der Waals surface area (Å²) in [5.41, 5.74) is 7.88. The Morgan fingerprint density at radius 2 is 2.00 bits per heavy atom. The summed E-state index contributed by atoms with van der Waals surface area (Å²) >= 11 is 0. The SMILES string of the molecule is NCc1ccc(COCC2CCCO2)cc1. The molecule has 0 spiro atoms. The van der Waals surface area contributed by atoms with Gasteiger partial charge in [0.15, 0.2) is 0 Å². The fourth-order valence-electron chi connectivity index (χ4n) is 1.86. The molecule has 0 amide bonds. The number of hydrogen-bond acceptors (Lipinski definition) is 3. The Morgan fingerprint density at radius 3 is 2.62 bits per heavy atom. The second kappa shape index (κ2) is 5.99. The molecule has 1 atom stereocenters. The van der Waals surface area contributed by atoms with Gasteiger partial charge in [-0.15, -0.1) is 0 Å². The monoisotopic (exact) mass is 221 g/mol. The Balaban J connectivity index is 1.71. The average molecular weight is 221 g/mol. The summed E-state index contributed by atoms with van der Waals surface area (Å²) in [4.78, 5) is 0. The van der Waals surface area contributed by atoms with Gasteiger partial charge in [-0.25, -0.2) is 0 Å². The lowest BCUT2D eigenvalue weighted by Gasteiger charge is -2.10. The number of benzene rings is 1. The van der Waals surface area contributed by atoms with E-state index >= 15 is 0 Å². The summed E-state index contributed by atoms with van der Waals surface area (Å²) in [6.45, 7) is 2.85. The molecule has 88 valence electrons. The van der Waals surface area contributed by atoms with Crippen LogP contribution in [0.2, 0.25) is 0 Å². The molecule has 0 bridgehead atoms. The highest BCUT2D eigenvalue weighted by Gasteiger charge is 2.14. The van der Waals surface area contributed by atoms with Crippen molar-refractivity contribution >= 4 is 0 Å². The van der Waals surface area contributed by atoms with Gasteiger partial charge in [-0.2, -0.15) is 0 Å². The van der Waals surface area contributed by atoms with E-state index in [1.165, 1.54) is 12.0 Å². The lowest BCUT2D eigenvalue weighted by Crippen LogP contribution is -2.13. The van der Waals surface area contributed by atoms with Crippen LogP contribution in [0.15, 0.2) is 24.3 Å². The second-order valence-corrected chi connectivity index (χ2v) is 4.17. The van der Waals surface area contributed by atoms with E-state index in [-0.39, 0.29) is 0 Å². The fourth-order valence-corrected chi connectivity index (χ4v) is 1.86. The molecule has 1 aliphatic rings. The minimum absolute atomic E-state index is 0.309. The summed E-state index contributed by atoms with van der Waals surface area (Å²) in [6, 6.07) is 8.23. The smallest absolute Gasteiger partial charge is 0.0809 e. The zero-order chi connectivity index (χ0) is 11.2. The van der Waals surface area contributed by atoms with Crippen LogP contribution in [-0.4, -0.2) is 19.3 Å². The maximum Gasteiger partial charge on any atom is 0.0809 e. The molecule has 2 rings (SSSR count). The van der Waals surface area contributed by atoms with Gasteiger partial charge in [0.05, 0.1) is 19.3 Å². The topological polar surface area (TPSA) is 44.5 Å². The minimum atomic E-state index is 0.309. The van der Waals surface area contributed by atoms with Crippen LogP contribution >= 0.6 is 0 Å². The normalized spacial score (nSPS) is 20.2. The lowest BCUT2D eigenvalue weighted by molar-refractivity contribution is 0.0106. The molecule has 3 nitrogen and oxygen atoms in total. The van der Waals surface area contributed by atoms with Crippen LogP contribution in [0, 0.1) is 0 Å². The van der Waals surface area contributed by atoms with Gasteiger partial charge in [-0.3, -0.25) is 0 Å². The van der Waals surface area contributed by atoms with Gasteiger partial charge in [0, 0.05) is 13.2 Å². The van der Waals surface area contributed by atoms with E-state index in [0.717, 1.165) is 18.6 Å². The van der Waals surface area contributed by atoms with Crippen LogP contribution in [-0.2, 0) is 22.6 Å². The summed E-state index contributed by atoms with van der Waals surface area (Å²) < 4.78 is 11.1. The van der Waals surface area contributed by atoms with Gasteiger partial charge in [0.1, 0.15) is 0 Å². The van der Waals surface area contributed by atoms with E-state index in [4.69, 9.17) is 15.2 Å². The number of nitrogens with two attached hydrogens (primary N) is 1. The Bertz CT molecular complexity index is 304. The Kier molecular flexibility index (Phi) is 4.34. The van der Waals surface area contributed by atoms with Crippen LogP contribution in [0.4, 0.5) is 0 Å². The molecule has 0 radical (unpaired) electrons. The van der Waals surface area contributed by atoms with Crippen molar-refractivity contribution in [2.45, 2.75) is 32.1 Å². The van der Waals surface area contributed by atoms with Gasteiger partial charge in [0.25, 0.3) is 0 Å². The van der Waals surface area contributed by atoms with E-state index in [1.807, 2.05) is 12.1 Å². The number of rotatable bonds is 5. The third-order valence-corrected chi connectivity index (χ3v) is 2.86. The van der Waals surface area contributed by atoms with E-state index in [0.29, 0.717) is 25.9 Å². The highest BCUT2D eigenvalue weighted by Crippen LogP contribution is 2.13. The molecule has 0 aromatic heterocycles. The Hall–Kier alpha value is -0.900. The highest BCUT2D eigenvalue weighted by molar-refractivity contribution is 5.21. The van der Waals surface area contributed by atoms with Gasteiger partial charge in [0.2, 0.25) is 0 Å². The van der Waals surface area contributed by atoms with Gasteiger partial charge in [-0.1, -0.05) is 24.3 Å². The van der Waals surface area contributed by atoms with E-state index < -0.39 is 0 Å². The Morgan fingerprint density at radius 1 is 1.25 bits per heavy atom. The van der Waals surface area contributed by atoms with Crippen LogP contribution in [0.25, 0.3) is 0 Å². The van der Waals surface area contributed by atoms with Crippen molar-refractivity contribution in [3.8, 4) is 0 Å². The first kappa shape index (κ1) is 11.6. The van der Waals surface area contributed by atoms with Crippen molar-refractivity contribution in [3.63, 3.8) is 0 Å². The number of ether oxygens (including phenoxy) is 2. The minimum Gasteiger partial charge on any atom is -0.376 e. The summed E-state index contributed by atoms with van der Waals surface area (Å²) in [6.07, 6.45) is 2.61. The molecule has 1 aromatic rings. The zero-order valence-corrected chi connectivity index (χ0v) is 9.52. The quantitative estimate of drug-likeness (QED) is 0.825. The molecule has 1 fully saturated rings. The Labute approximate surface area is 96.5 Å². The molecule has 0 saturated carbocycles. The van der Waals surface area contributed by atoms with Crippen molar-refractivity contribution in [2.75, 3.05) is 13.2 Å². The molecule has 1 unspecified atom stereocenters. The molecular weight excluding hydrogens is 202 g/mol. The molecule has 1 saturated heterocycles. The predicted molar refractivity (Wildman–Crippen MR) is 63.0 cm³/mol. The molecule has 16 heavy (non-hydrogen) atoms. The van der Waals surface area contributed by atoms with Crippen molar-refractivity contribution in [1.29, 1.82) is 0 Å². The summed E-state index contributed by atoms with van der Waals surface area (Å²) in [7, 11) is 0. The van der Waals surface area contributed by atoms with Crippen molar-refractivity contribution < 1.29 is 9.47 Å². The van der Waals surface area contributed by atoms with Gasteiger partial charge in [-0.05, 0) is 24.0 Å². The summed E-state index contributed by atoms with van der Waals surface area (Å²) in [5.74, 6) is 0. The molecular formula is C13H19NO2. The third kappa shape index (κ3) is 3.30. The van der Waals surface area contributed by atoms with Gasteiger partial charge < -0.3 is 15.2 Å². The third-order valence-electron chi connectivity index (χ3n) is 2.86. The molecule has 2 N–H and O–H groups in total. The highest BCUT2D eigenvalue weighted by atomic mass is 16.5. The van der Waals surface area contributed by atoms with Crippen LogP contribution < -0.4 is 5.73 Å². The van der Waals surface area contributed by atoms with Gasteiger partial charge >= 0.3 is 0 Å². The predicted octanol–water partition coefficient (Wildman–Crippen LogP) is 1.84. The fraction of sp³-hybridized carbons (Fsp3) is 0.538. The van der Waals surface area contributed by atoms with E-state index in [1.54, 1.807) is 0 Å². The maximum absolute atomic E-state index is 5.62. The first-order chi connectivity index (χ1) is 7.88. The molecule has 0 aliphatic carbocycles. The molecule has 1 aliphatic heterocycles. The van der Waals surface area contributed by atoms with Crippen LogP contribution in [0.5, 0.6) is 0 Å². The number of hydrogen-bond donors (Lipinski definition) is 1. The average Bonchev–Trinajstić information content (AvgIpc) is 2.83. The van der Waals surface area contributed by atoms with Crippen molar-refractivity contribution in [2.24, 2.45) is 5.73 Å². The standard InChI is InChI=1S/C13H19NO2/c14-8-11-3-5-12(6-4-11)9-15-10-13-2-1-7-16-13/h3-6,13H,1-2,7-10,14H2. The molecule has 1 heterocycles. The molecule has 3 heteroatoms. The van der Waals surface area contributed by atoms with Crippen LogP contribution in [0.1, 0.15) is 24.0 Å². The first-order valence-electron chi connectivity index (χ1n) is 5.85. The maximum atomic E-state index is 5.62. The van der Waals surface area contributed by atoms with Crippen molar-refractivity contribution in [3.05, 3.63) is 35.4 Å². The van der Waals surface area contributed by atoms with E-state index in [2.05, 4.69) is 12.1 Å². The first-order valence-corrected chi connectivity index (χ1v) is 5.85. The van der Waals surface area contributed by atoms with Crippen LogP contribution in [0.3, 0.4) is 0 Å².